The summed E-state index contributed by atoms with van der Waals surface area (Å²) in [6.45, 7) is 5.76. The van der Waals surface area contributed by atoms with Gasteiger partial charge in [0.2, 0.25) is 0 Å². The van der Waals surface area contributed by atoms with Crippen molar-refractivity contribution in [1.82, 2.24) is 10.4 Å². The van der Waals surface area contributed by atoms with Crippen molar-refractivity contribution in [2.45, 2.75) is 20.8 Å². The molecule has 0 bridgehead atoms. The van der Waals surface area contributed by atoms with Crippen molar-refractivity contribution in [3.05, 3.63) is 123 Å². The number of aryl methyl sites for hydroxylation is 3. The number of thiazole rings is 1. The predicted octanol–water partition coefficient (Wildman–Crippen LogP) is 7.91. The first-order valence-corrected chi connectivity index (χ1v) is 15.0. The lowest BCUT2D eigenvalue weighted by Gasteiger charge is -2.12. The molecule has 3 N–H and O–H groups in total. The minimum absolute atomic E-state index is 0.211. The van der Waals surface area contributed by atoms with Crippen molar-refractivity contribution in [2.75, 3.05) is 17.2 Å². The van der Waals surface area contributed by atoms with Gasteiger partial charge in [0.05, 0.1) is 11.9 Å². The third kappa shape index (κ3) is 8.09. The Morgan fingerprint density at radius 1 is 0.932 bits per heavy atom. The molecule has 0 radical (unpaired) electrons. The molecule has 0 aliphatic heterocycles. The Labute approximate surface area is 264 Å². The fraction of sp³-hybridized carbons (Fsp3) is 0.118. The molecule has 222 valence electrons. The van der Waals surface area contributed by atoms with Crippen LogP contribution >= 0.6 is 22.9 Å². The monoisotopic (exact) mass is 623 g/mol. The SMILES string of the molecule is Cc1ccc(Nc2nc(-c3ccc(C(=O)N/N=C/c4cc(Cl)ccc4OCC(=O)Nc4ccc(C)cc4C)cc3)cs2)cc1. The van der Waals surface area contributed by atoms with E-state index < -0.39 is 0 Å². The van der Waals surface area contributed by atoms with Crippen LogP contribution in [0.1, 0.15) is 32.6 Å². The average molecular weight is 624 g/mol. The van der Waals surface area contributed by atoms with Crippen LogP contribution in [0.25, 0.3) is 11.3 Å². The van der Waals surface area contributed by atoms with E-state index in [1.54, 1.807) is 30.3 Å². The van der Waals surface area contributed by atoms with Gasteiger partial charge >= 0.3 is 0 Å². The van der Waals surface area contributed by atoms with Gasteiger partial charge in [0.25, 0.3) is 11.8 Å². The van der Waals surface area contributed by atoms with Crippen LogP contribution in [-0.2, 0) is 4.79 Å². The number of aromatic nitrogens is 1. The van der Waals surface area contributed by atoms with Crippen LogP contribution in [0.15, 0.2) is 95.4 Å². The van der Waals surface area contributed by atoms with Crippen LogP contribution in [0.5, 0.6) is 5.75 Å². The maximum absolute atomic E-state index is 12.7. The number of nitrogens with one attached hydrogen (secondary N) is 3. The average Bonchev–Trinajstić information content (AvgIpc) is 3.48. The zero-order valence-corrected chi connectivity index (χ0v) is 25.9. The Kier molecular flexibility index (Phi) is 9.69. The molecule has 2 amide bonds. The lowest BCUT2D eigenvalue weighted by Crippen LogP contribution is -2.21. The van der Waals surface area contributed by atoms with Crippen molar-refractivity contribution in [3.63, 3.8) is 0 Å². The minimum Gasteiger partial charge on any atom is -0.483 e. The number of hydrazone groups is 1. The Hall–Kier alpha value is -4.99. The summed E-state index contributed by atoms with van der Waals surface area (Å²) in [4.78, 5) is 29.9. The Balaban J connectivity index is 1.17. The number of hydrogen-bond donors (Lipinski definition) is 3. The number of nitrogens with zero attached hydrogens (tertiary/aromatic N) is 2. The predicted molar refractivity (Wildman–Crippen MR) is 179 cm³/mol. The summed E-state index contributed by atoms with van der Waals surface area (Å²) in [7, 11) is 0. The van der Waals surface area contributed by atoms with Crippen molar-refractivity contribution >= 4 is 57.5 Å². The van der Waals surface area contributed by atoms with E-state index in [2.05, 4.69) is 26.1 Å². The summed E-state index contributed by atoms with van der Waals surface area (Å²) in [6, 6.07) is 26.0. The molecule has 0 saturated carbocycles. The molecule has 10 heteroatoms. The summed E-state index contributed by atoms with van der Waals surface area (Å²) in [5.74, 6) is -0.292. The zero-order chi connectivity index (χ0) is 31.1. The van der Waals surface area contributed by atoms with Gasteiger partial charge in [0, 0.05) is 38.5 Å². The van der Waals surface area contributed by atoms with Crippen molar-refractivity contribution in [1.29, 1.82) is 0 Å². The molecule has 1 heterocycles. The van der Waals surface area contributed by atoms with Crippen LogP contribution in [0, 0.1) is 20.8 Å². The molecule has 0 saturated heterocycles. The third-order valence-corrected chi connectivity index (χ3v) is 7.60. The number of carbonyl (C=O) groups excluding carboxylic acids is 2. The molecule has 0 fully saturated rings. The zero-order valence-electron chi connectivity index (χ0n) is 24.4. The first-order valence-electron chi connectivity index (χ1n) is 13.8. The van der Waals surface area contributed by atoms with Gasteiger partial charge in [-0.3, -0.25) is 9.59 Å². The normalized spacial score (nSPS) is 10.9. The highest BCUT2D eigenvalue weighted by molar-refractivity contribution is 7.14. The van der Waals surface area contributed by atoms with E-state index in [4.69, 9.17) is 16.3 Å². The standard InChI is InChI=1S/C34H30ClN5O3S/c1-21-4-12-28(13-5-21)37-34-39-30(20-44-34)24-7-9-25(10-8-24)33(42)40-36-18-26-17-27(35)11-15-31(26)43-19-32(41)38-29-14-6-22(2)16-23(29)3/h4-18,20H,19H2,1-3H3,(H,37,39)(H,38,41)(H,40,42)/b36-18+. The van der Waals surface area contributed by atoms with Crippen molar-refractivity contribution < 1.29 is 14.3 Å². The van der Waals surface area contributed by atoms with Crippen molar-refractivity contribution in [2.24, 2.45) is 5.10 Å². The smallest absolute Gasteiger partial charge is 0.271 e. The van der Waals surface area contributed by atoms with Gasteiger partial charge in [0.1, 0.15) is 5.75 Å². The maximum Gasteiger partial charge on any atom is 0.271 e. The van der Waals surface area contributed by atoms with E-state index in [1.807, 2.05) is 80.7 Å². The fourth-order valence-corrected chi connectivity index (χ4v) is 5.20. The summed E-state index contributed by atoms with van der Waals surface area (Å²) in [5.41, 5.74) is 10.1. The largest absolute Gasteiger partial charge is 0.483 e. The highest BCUT2D eigenvalue weighted by Gasteiger charge is 2.11. The second-order valence-corrected chi connectivity index (χ2v) is 11.4. The summed E-state index contributed by atoms with van der Waals surface area (Å²) >= 11 is 7.68. The van der Waals surface area contributed by atoms with Gasteiger partial charge in [-0.15, -0.1) is 11.3 Å². The van der Waals surface area contributed by atoms with E-state index in [1.165, 1.54) is 23.1 Å². The molecule has 8 nitrogen and oxygen atoms in total. The number of ether oxygens (including phenoxy) is 1. The second-order valence-electron chi connectivity index (χ2n) is 10.1. The van der Waals surface area contributed by atoms with E-state index in [-0.39, 0.29) is 18.4 Å². The molecule has 4 aromatic carbocycles. The molecule has 44 heavy (non-hydrogen) atoms. The molecular formula is C34H30ClN5O3S. The van der Waals surface area contributed by atoms with Gasteiger partial charge in [0.15, 0.2) is 11.7 Å². The van der Waals surface area contributed by atoms with Crippen LogP contribution in [0.2, 0.25) is 5.02 Å². The number of amides is 2. The van der Waals surface area contributed by atoms with Gasteiger partial charge in [-0.05, 0) is 74.9 Å². The Morgan fingerprint density at radius 3 is 2.43 bits per heavy atom. The minimum atomic E-state index is -0.384. The van der Waals surface area contributed by atoms with E-state index >= 15 is 0 Å². The highest BCUT2D eigenvalue weighted by Crippen LogP contribution is 2.28. The van der Waals surface area contributed by atoms with E-state index in [0.717, 1.165) is 38.9 Å². The lowest BCUT2D eigenvalue weighted by atomic mass is 10.1. The number of rotatable bonds is 10. The fourth-order valence-electron chi connectivity index (χ4n) is 4.28. The molecule has 0 atom stereocenters. The van der Waals surface area contributed by atoms with Gasteiger partial charge in [-0.2, -0.15) is 5.10 Å². The molecule has 0 unspecified atom stereocenters. The molecule has 0 spiro atoms. The third-order valence-electron chi connectivity index (χ3n) is 6.61. The number of carbonyl (C=O) groups is 2. The van der Waals surface area contributed by atoms with Crippen molar-refractivity contribution in [3.8, 4) is 17.0 Å². The second kappa shape index (κ2) is 14.0. The van der Waals surface area contributed by atoms with Gasteiger partial charge < -0.3 is 15.4 Å². The molecule has 5 rings (SSSR count). The summed E-state index contributed by atoms with van der Waals surface area (Å²) < 4.78 is 5.74. The number of benzene rings is 4. The molecule has 5 aromatic rings. The molecular weight excluding hydrogens is 594 g/mol. The lowest BCUT2D eigenvalue weighted by molar-refractivity contribution is -0.118. The van der Waals surface area contributed by atoms with E-state index in [0.29, 0.717) is 21.9 Å². The number of halogens is 1. The first-order chi connectivity index (χ1) is 21.2. The van der Waals surface area contributed by atoms with Gasteiger partial charge in [-0.1, -0.05) is 59.1 Å². The highest BCUT2D eigenvalue weighted by atomic mass is 35.5. The topological polar surface area (TPSA) is 105 Å². The summed E-state index contributed by atoms with van der Waals surface area (Å²) in [6.07, 6.45) is 1.42. The van der Waals surface area contributed by atoms with E-state index in [9.17, 15) is 9.59 Å². The number of hydrogen-bond acceptors (Lipinski definition) is 7. The Bertz CT molecular complexity index is 1820. The maximum atomic E-state index is 12.7. The first kappa shape index (κ1) is 30.5. The molecule has 0 aliphatic rings. The van der Waals surface area contributed by atoms with Crippen LogP contribution < -0.4 is 20.8 Å². The summed E-state index contributed by atoms with van der Waals surface area (Å²) in [5, 5.41) is 13.5. The van der Waals surface area contributed by atoms with Crippen LogP contribution in [0.4, 0.5) is 16.5 Å². The van der Waals surface area contributed by atoms with Crippen LogP contribution in [0.3, 0.4) is 0 Å². The number of anilines is 3. The van der Waals surface area contributed by atoms with Gasteiger partial charge in [-0.25, -0.2) is 10.4 Å². The molecule has 1 aromatic heterocycles. The molecule has 0 aliphatic carbocycles. The quantitative estimate of drug-likeness (QED) is 0.108. The van der Waals surface area contributed by atoms with Crippen LogP contribution in [-0.4, -0.2) is 29.6 Å². The Morgan fingerprint density at radius 2 is 1.68 bits per heavy atom.